The molecule has 0 saturated carbocycles. The summed E-state index contributed by atoms with van der Waals surface area (Å²) in [5.74, 6) is 3.03. The van der Waals surface area contributed by atoms with Gasteiger partial charge in [0, 0.05) is 5.75 Å². The standard InChI is InChI=1S/C42H39N2O5PS/c1-48-33-24-22-31(23-25-33)27-49-42(47)39-32(29-51-41-38(40(46)44(39)41)43-37(45)26-30-14-6-2-7-15-30)28-50(34-16-8-3-9-17-34,35-18-10-4-11-19-35)36-20-12-5-13-21-36/h2-25,28,38,41-42,47H,26-27,29H2,1H3,(H,43,45). The fraction of sp³-hybridized carbons (Fsp3) is 0.167. The number of methoxy groups -OCH3 is 1. The number of nitrogens with zero attached hydrogens (tertiary/aromatic N) is 1. The summed E-state index contributed by atoms with van der Waals surface area (Å²) < 4.78 is 11.5. The van der Waals surface area contributed by atoms with Gasteiger partial charge in [-0.25, -0.2) is 0 Å². The highest BCUT2D eigenvalue weighted by molar-refractivity contribution is 8.00. The van der Waals surface area contributed by atoms with Gasteiger partial charge in [0.2, 0.25) is 5.91 Å². The van der Waals surface area contributed by atoms with Crippen LogP contribution >= 0.6 is 18.6 Å². The Bertz CT molecular complexity index is 1960. The van der Waals surface area contributed by atoms with Crippen LogP contribution in [0.4, 0.5) is 0 Å². The number of thioether (sulfide) groups is 1. The van der Waals surface area contributed by atoms with Crippen molar-refractivity contribution in [1.82, 2.24) is 10.2 Å². The van der Waals surface area contributed by atoms with E-state index in [2.05, 4.69) is 83.9 Å². The summed E-state index contributed by atoms with van der Waals surface area (Å²) in [4.78, 5) is 28.8. The highest BCUT2D eigenvalue weighted by Crippen LogP contribution is 2.48. The maximum absolute atomic E-state index is 14.0. The first-order valence-corrected chi connectivity index (χ1v) is 19.7. The van der Waals surface area contributed by atoms with Gasteiger partial charge in [-0.15, -0.1) is 11.8 Å². The largest absolute Gasteiger partial charge is 0.497 e. The van der Waals surface area contributed by atoms with Crippen molar-refractivity contribution in [3.63, 3.8) is 0 Å². The second-order valence-corrected chi connectivity index (χ2v) is 16.8. The zero-order valence-corrected chi connectivity index (χ0v) is 29.9. The zero-order chi connectivity index (χ0) is 35.2. The first-order chi connectivity index (χ1) is 25.0. The van der Waals surface area contributed by atoms with Crippen LogP contribution in [0.5, 0.6) is 5.75 Å². The van der Waals surface area contributed by atoms with Gasteiger partial charge in [-0.1, -0.05) is 133 Å². The molecular formula is C42H39N2O5PS. The number of nitrogens with one attached hydrogen (secondary N) is 1. The van der Waals surface area contributed by atoms with E-state index < -0.39 is 19.2 Å². The Labute approximate surface area is 302 Å². The van der Waals surface area contributed by atoms with Gasteiger partial charge in [0.1, 0.15) is 17.2 Å². The van der Waals surface area contributed by atoms with Crippen molar-refractivity contribution in [2.75, 3.05) is 12.9 Å². The van der Waals surface area contributed by atoms with Gasteiger partial charge in [-0.05, 0) is 57.4 Å². The summed E-state index contributed by atoms with van der Waals surface area (Å²) in [5.41, 5.74) is 2.96. The number of ether oxygens (including phenoxy) is 2. The average Bonchev–Trinajstić information content (AvgIpc) is 3.19. The summed E-state index contributed by atoms with van der Waals surface area (Å²) in [7, 11) is 1.61. The highest BCUT2D eigenvalue weighted by Gasteiger charge is 2.54. The van der Waals surface area contributed by atoms with Crippen LogP contribution in [0.1, 0.15) is 11.1 Å². The average molecular weight is 715 g/mol. The van der Waals surface area contributed by atoms with Crippen molar-refractivity contribution in [2.24, 2.45) is 0 Å². The number of hydrogen-bond donors (Lipinski definition) is 2. The van der Waals surface area contributed by atoms with E-state index >= 15 is 0 Å². The molecule has 3 unspecified atom stereocenters. The summed E-state index contributed by atoms with van der Waals surface area (Å²) in [6.45, 7) is -2.37. The van der Waals surface area contributed by atoms with E-state index in [1.807, 2.05) is 72.8 Å². The maximum atomic E-state index is 14.0. The lowest BCUT2D eigenvalue weighted by atomic mass is 10.0. The molecule has 3 atom stereocenters. The Balaban J connectivity index is 1.32. The minimum atomic E-state index is -2.49. The van der Waals surface area contributed by atoms with E-state index in [9.17, 15) is 14.7 Å². The molecule has 0 aliphatic carbocycles. The topological polar surface area (TPSA) is 88.1 Å². The molecule has 2 amide bonds. The summed E-state index contributed by atoms with van der Waals surface area (Å²) >= 11 is 1.59. The summed E-state index contributed by atoms with van der Waals surface area (Å²) in [6, 6.07) is 47.6. The molecule has 5 aromatic carbocycles. The van der Waals surface area contributed by atoms with Crippen LogP contribution in [0.2, 0.25) is 0 Å². The molecule has 51 heavy (non-hydrogen) atoms. The number of aliphatic hydroxyl groups excluding tert-OH is 1. The van der Waals surface area contributed by atoms with E-state index in [4.69, 9.17) is 9.47 Å². The van der Waals surface area contributed by atoms with Gasteiger partial charge in [0.25, 0.3) is 5.91 Å². The predicted molar refractivity (Wildman–Crippen MR) is 207 cm³/mol. The van der Waals surface area contributed by atoms with Gasteiger partial charge < -0.3 is 19.9 Å². The normalized spacial score (nSPS) is 17.6. The second kappa shape index (κ2) is 15.6. The summed E-state index contributed by atoms with van der Waals surface area (Å²) in [6.07, 6.45) is -1.23. The van der Waals surface area contributed by atoms with Crippen LogP contribution < -0.4 is 26.0 Å². The molecule has 1 saturated heterocycles. The Hall–Kier alpha value is -4.85. The Morgan fingerprint density at radius 1 is 0.824 bits per heavy atom. The third-order valence-electron chi connectivity index (χ3n) is 9.21. The smallest absolute Gasteiger partial charge is 0.253 e. The van der Waals surface area contributed by atoms with Crippen LogP contribution in [-0.2, 0) is 27.4 Å². The molecule has 0 aromatic heterocycles. The Morgan fingerprint density at radius 2 is 1.35 bits per heavy atom. The van der Waals surface area contributed by atoms with Gasteiger partial charge in [-0.3, -0.25) is 14.5 Å². The molecule has 0 bridgehead atoms. The quantitative estimate of drug-likeness (QED) is 0.105. The van der Waals surface area contributed by atoms with Gasteiger partial charge in [-0.2, -0.15) is 0 Å². The van der Waals surface area contributed by atoms with Crippen molar-refractivity contribution in [3.8, 4) is 5.75 Å². The minimum absolute atomic E-state index is 0.120. The SMILES string of the molecule is COc1ccc(COC(O)C2=C(C=P(c3ccccc3)(c3ccccc3)c3ccccc3)CSC3C(NC(=O)Cc4ccccc4)C(=O)N23)cc1. The van der Waals surface area contributed by atoms with Crippen molar-refractivity contribution in [3.05, 3.63) is 168 Å². The Kier molecular flexibility index (Phi) is 10.6. The number of hydrogen-bond acceptors (Lipinski definition) is 6. The van der Waals surface area contributed by atoms with Gasteiger partial charge >= 0.3 is 0 Å². The van der Waals surface area contributed by atoms with Gasteiger partial charge in [0.05, 0.1) is 25.8 Å². The number of carbonyl (C=O) groups is 2. The first kappa shape index (κ1) is 34.6. The molecule has 2 N–H and O–H groups in total. The number of amides is 2. The lowest BCUT2D eigenvalue weighted by Crippen LogP contribution is -2.71. The van der Waals surface area contributed by atoms with Crippen molar-refractivity contribution in [2.45, 2.75) is 30.7 Å². The van der Waals surface area contributed by atoms with E-state index in [-0.39, 0.29) is 30.2 Å². The molecule has 7 rings (SSSR count). The fourth-order valence-electron chi connectivity index (χ4n) is 6.68. The number of carbonyl (C=O) groups excluding carboxylic acids is 2. The highest BCUT2D eigenvalue weighted by atomic mass is 32.2. The zero-order valence-electron chi connectivity index (χ0n) is 28.2. The van der Waals surface area contributed by atoms with Crippen molar-refractivity contribution >= 4 is 52.2 Å². The number of fused-ring (bicyclic) bond motifs is 1. The van der Waals surface area contributed by atoms with E-state index in [1.54, 1.807) is 23.8 Å². The van der Waals surface area contributed by atoms with E-state index in [0.29, 0.717) is 11.4 Å². The molecule has 1 fully saturated rings. The van der Waals surface area contributed by atoms with Crippen LogP contribution in [0.25, 0.3) is 0 Å². The number of β-lactam (4-membered cyclic amide) rings is 1. The molecule has 2 heterocycles. The maximum Gasteiger partial charge on any atom is 0.253 e. The summed E-state index contributed by atoms with van der Waals surface area (Å²) in [5, 5.41) is 17.9. The van der Waals surface area contributed by atoms with E-state index in [1.165, 1.54) is 0 Å². The molecule has 9 heteroatoms. The van der Waals surface area contributed by atoms with Crippen LogP contribution in [0.15, 0.2) is 157 Å². The fourth-order valence-corrected chi connectivity index (χ4v) is 12.1. The molecule has 2 aliphatic heterocycles. The molecule has 7 nitrogen and oxygen atoms in total. The number of rotatable bonds is 12. The molecule has 258 valence electrons. The molecular weight excluding hydrogens is 676 g/mol. The Morgan fingerprint density at radius 3 is 1.88 bits per heavy atom. The molecule has 5 aromatic rings. The third-order valence-corrected chi connectivity index (χ3v) is 14.5. The van der Waals surface area contributed by atoms with Crippen LogP contribution in [0.3, 0.4) is 0 Å². The molecule has 0 radical (unpaired) electrons. The number of aliphatic hydroxyl groups is 1. The molecule has 2 aliphatic rings. The predicted octanol–water partition coefficient (Wildman–Crippen LogP) is 5.22. The second-order valence-electron chi connectivity index (χ2n) is 12.4. The first-order valence-electron chi connectivity index (χ1n) is 16.8. The molecule has 0 spiro atoms. The van der Waals surface area contributed by atoms with E-state index in [0.717, 1.165) is 38.4 Å². The monoisotopic (exact) mass is 714 g/mol. The van der Waals surface area contributed by atoms with Crippen LogP contribution in [0, 0.1) is 0 Å². The lowest BCUT2D eigenvalue weighted by molar-refractivity contribution is -0.153. The third kappa shape index (κ3) is 7.19. The number of benzene rings is 5. The lowest BCUT2D eigenvalue weighted by Gasteiger charge is -2.51. The van der Waals surface area contributed by atoms with Gasteiger partial charge in [0.15, 0.2) is 6.29 Å². The van der Waals surface area contributed by atoms with Crippen molar-refractivity contribution < 1.29 is 24.2 Å². The van der Waals surface area contributed by atoms with Crippen molar-refractivity contribution in [1.29, 1.82) is 0 Å². The van der Waals surface area contributed by atoms with Crippen LogP contribution in [-0.4, -0.2) is 58.2 Å². The minimum Gasteiger partial charge on any atom is -0.497 e.